The van der Waals surface area contributed by atoms with Gasteiger partial charge in [-0.2, -0.15) is 26.3 Å². The van der Waals surface area contributed by atoms with Crippen molar-refractivity contribution >= 4 is 17.6 Å². The van der Waals surface area contributed by atoms with Gasteiger partial charge in [-0.25, -0.2) is 9.78 Å². The second kappa shape index (κ2) is 5.35. The molecule has 0 amide bonds. The van der Waals surface area contributed by atoms with Crippen LogP contribution in [-0.4, -0.2) is 34.5 Å². The number of halogens is 7. The van der Waals surface area contributed by atoms with Crippen LogP contribution in [0, 0.1) is 0 Å². The molecule has 1 aromatic rings. The second-order valence-corrected chi connectivity index (χ2v) is 3.80. The van der Waals surface area contributed by atoms with E-state index in [-0.39, 0.29) is 0 Å². The van der Waals surface area contributed by atoms with Crippen LogP contribution in [0.5, 0.6) is 5.88 Å². The Morgan fingerprint density at radius 3 is 2.10 bits per heavy atom. The molecule has 0 radical (unpaired) electrons. The first-order valence-corrected chi connectivity index (χ1v) is 4.99. The zero-order valence-electron chi connectivity index (χ0n) is 9.09. The van der Waals surface area contributed by atoms with Crippen molar-refractivity contribution in [2.45, 2.75) is 18.5 Å². The number of hydrogen-bond acceptors (Lipinski definition) is 3. The van der Waals surface area contributed by atoms with E-state index < -0.39 is 40.9 Å². The molecule has 0 fully saturated rings. The van der Waals surface area contributed by atoms with Crippen molar-refractivity contribution in [3.8, 4) is 5.88 Å². The summed E-state index contributed by atoms with van der Waals surface area (Å²) < 4.78 is 77.1. The molecule has 20 heavy (non-hydrogen) atoms. The van der Waals surface area contributed by atoms with E-state index in [0.29, 0.717) is 12.3 Å². The Morgan fingerprint density at radius 2 is 1.75 bits per heavy atom. The van der Waals surface area contributed by atoms with Gasteiger partial charge in [-0.1, -0.05) is 11.6 Å². The normalized spacial score (nSPS) is 12.6. The summed E-state index contributed by atoms with van der Waals surface area (Å²) in [6.07, 6.45) is -15.0. The highest BCUT2D eigenvalue weighted by atomic mass is 35.5. The molecule has 1 heterocycles. The van der Waals surface area contributed by atoms with Gasteiger partial charge in [-0.15, -0.1) is 0 Å². The molecule has 0 aliphatic heterocycles. The molecule has 0 saturated carbocycles. The van der Waals surface area contributed by atoms with Crippen LogP contribution in [0.1, 0.15) is 10.4 Å². The van der Waals surface area contributed by atoms with Gasteiger partial charge in [0.1, 0.15) is 5.02 Å². The second-order valence-electron chi connectivity index (χ2n) is 3.40. The summed E-state index contributed by atoms with van der Waals surface area (Å²) in [5.41, 5.74) is -0.516. The minimum Gasteiger partial charge on any atom is -0.478 e. The topological polar surface area (TPSA) is 59.4 Å². The van der Waals surface area contributed by atoms with Gasteiger partial charge in [-0.3, -0.25) is 0 Å². The maximum absolute atomic E-state index is 12.2. The third kappa shape index (κ3) is 3.89. The lowest BCUT2D eigenvalue weighted by Crippen LogP contribution is -2.46. The molecule has 1 rings (SSSR count). The molecule has 0 bridgehead atoms. The zero-order chi connectivity index (χ0) is 15.7. The van der Waals surface area contributed by atoms with E-state index in [2.05, 4.69) is 9.72 Å². The number of aromatic carboxylic acids is 1. The van der Waals surface area contributed by atoms with E-state index in [1.165, 1.54) is 0 Å². The lowest BCUT2D eigenvalue weighted by molar-refractivity contribution is -0.300. The summed E-state index contributed by atoms with van der Waals surface area (Å²) in [6.45, 7) is 0. The van der Waals surface area contributed by atoms with E-state index in [4.69, 9.17) is 16.7 Å². The van der Waals surface area contributed by atoms with Gasteiger partial charge in [0, 0.05) is 6.20 Å². The van der Waals surface area contributed by atoms with Crippen molar-refractivity contribution in [1.82, 2.24) is 4.98 Å². The monoisotopic (exact) mass is 323 g/mol. The van der Waals surface area contributed by atoms with Crippen LogP contribution in [-0.2, 0) is 0 Å². The molecule has 11 heteroatoms. The maximum atomic E-state index is 12.2. The Bertz CT molecular complexity index is 501. The maximum Gasteiger partial charge on any atom is 0.434 e. The first kappa shape index (κ1) is 16.3. The van der Waals surface area contributed by atoms with Crippen LogP contribution in [0.2, 0.25) is 5.02 Å². The quantitative estimate of drug-likeness (QED) is 0.867. The highest BCUT2D eigenvalue weighted by Gasteiger charge is 2.59. The van der Waals surface area contributed by atoms with Crippen molar-refractivity contribution in [2.24, 2.45) is 0 Å². The Labute approximate surface area is 111 Å². The zero-order valence-corrected chi connectivity index (χ0v) is 9.84. The van der Waals surface area contributed by atoms with Gasteiger partial charge in [-0.05, 0) is 6.07 Å². The molecular formula is C9H4ClF6NO3. The molecule has 0 aromatic carbocycles. The molecule has 0 spiro atoms. The minimum absolute atomic E-state index is 0.516. The fourth-order valence-electron chi connectivity index (χ4n) is 1.06. The van der Waals surface area contributed by atoms with Gasteiger partial charge in [0.05, 0.1) is 5.56 Å². The molecule has 1 N–H and O–H groups in total. The average Bonchev–Trinajstić information content (AvgIpc) is 2.23. The third-order valence-electron chi connectivity index (χ3n) is 1.88. The molecule has 0 aliphatic rings. The van der Waals surface area contributed by atoms with E-state index in [9.17, 15) is 31.1 Å². The Hall–Kier alpha value is -1.71. The van der Waals surface area contributed by atoms with Crippen LogP contribution < -0.4 is 4.74 Å². The lowest BCUT2D eigenvalue weighted by Gasteiger charge is -2.23. The van der Waals surface area contributed by atoms with Crippen LogP contribution in [0.15, 0.2) is 12.3 Å². The number of hydrogen-bond donors (Lipinski definition) is 1. The molecule has 4 nitrogen and oxygen atoms in total. The number of rotatable bonds is 3. The van der Waals surface area contributed by atoms with Crippen LogP contribution >= 0.6 is 11.6 Å². The van der Waals surface area contributed by atoms with Gasteiger partial charge in [0.15, 0.2) is 0 Å². The van der Waals surface area contributed by atoms with Gasteiger partial charge in [0.2, 0.25) is 5.88 Å². The highest BCUT2D eigenvalue weighted by molar-refractivity contribution is 6.32. The molecular weight excluding hydrogens is 320 g/mol. The van der Waals surface area contributed by atoms with Crippen molar-refractivity contribution in [3.63, 3.8) is 0 Å². The number of ether oxygens (including phenoxy) is 1. The Kier molecular flexibility index (Phi) is 4.37. The van der Waals surface area contributed by atoms with Crippen molar-refractivity contribution in [1.29, 1.82) is 0 Å². The third-order valence-corrected chi connectivity index (χ3v) is 2.15. The van der Waals surface area contributed by atoms with E-state index >= 15 is 0 Å². The van der Waals surface area contributed by atoms with Gasteiger partial charge in [0.25, 0.3) is 6.10 Å². The van der Waals surface area contributed by atoms with E-state index in [1.807, 2.05) is 0 Å². The summed E-state index contributed by atoms with van der Waals surface area (Å²) in [5.74, 6) is -2.68. The summed E-state index contributed by atoms with van der Waals surface area (Å²) in [6, 6.07) is 0.621. The fourth-order valence-corrected chi connectivity index (χ4v) is 1.27. The van der Waals surface area contributed by atoms with E-state index in [1.54, 1.807) is 0 Å². The Morgan fingerprint density at radius 1 is 1.25 bits per heavy atom. The summed E-state index contributed by atoms with van der Waals surface area (Å²) >= 11 is 5.33. The first-order valence-electron chi connectivity index (χ1n) is 4.62. The molecule has 0 saturated heterocycles. The van der Waals surface area contributed by atoms with Crippen molar-refractivity contribution in [3.05, 3.63) is 22.8 Å². The van der Waals surface area contributed by atoms with Crippen molar-refractivity contribution in [2.75, 3.05) is 0 Å². The molecule has 0 unspecified atom stereocenters. The largest absolute Gasteiger partial charge is 0.478 e. The SMILES string of the molecule is O=C(O)c1cnc(OC(C(F)(F)F)C(F)(F)F)c(Cl)c1. The Balaban J connectivity index is 3.10. The molecule has 112 valence electrons. The minimum atomic E-state index is -5.73. The van der Waals surface area contributed by atoms with Crippen LogP contribution in [0.3, 0.4) is 0 Å². The number of alkyl halides is 6. The highest BCUT2D eigenvalue weighted by Crippen LogP contribution is 2.37. The smallest absolute Gasteiger partial charge is 0.434 e. The summed E-state index contributed by atoms with van der Waals surface area (Å²) in [7, 11) is 0. The molecule has 1 aromatic heterocycles. The summed E-state index contributed by atoms with van der Waals surface area (Å²) in [5, 5.41) is 7.75. The van der Waals surface area contributed by atoms with E-state index in [0.717, 1.165) is 0 Å². The standard InChI is InChI=1S/C9H4ClF6NO3/c10-4-1-3(6(18)19)2-17-5(4)20-7(8(11,12)13)9(14,15)16/h1-2,7H,(H,18,19). The van der Waals surface area contributed by atoms with Crippen molar-refractivity contribution < 1.29 is 41.0 Å². The average molecular weight is 324 g/mol. The number of pyridine rings is 1. The fraction of sp³-hybridized carbons (Fsp3) is 0.333. The lowest BCUT2D eigenvalue weighted by atomic mass is 10.3. The first-order chi connectivity index (χ1) is 8.93. The van der Waals surface area contributed by atoms with Gasteiger partial charge >= 0.3 is 18.3 Å². The number of nitrogens with zero attached hydrogens (tertiary/aromatic N) is 1. The predicted octanol–water partition coefficient (Wildman–Crippen LogP) is 3.31. The van der Waals surface area contributed by atoms with Gasteiger partial charge < -0.3 is 9.84 Å². The summed E-state index contributed by atoms with van der Waals surface area (Å²) in [4.78, 5) is 13.5. The van der Waals surface area contributed by atoms with Crippen LogP contribution in [0.25, 0.3) is 0 Å². The van der Waals surface area contributed by atoms with Crippen LogP contribution in [0.4, 0.5) is 26.3 Å². The number of carbonyl (C=O) groups is 1. The molecule has 0 aliphatic carbocycles. The molecule has 0 atom stereocenters. The predicted molar refractivity (Wildman–Crippen MR) is 52.7 cm³/mol. The number of carboxylic acids is 1. The number of aromatic nitrogens is 1. The number of carboxylic acid groups (broad SMARTS) is 1.